The Hall–Kier alpha value is -1.40. The highest BCUT2D eigenvalue weighted by Crippen LogP contribution is 2.27. The predicted octanol–water partition coefficient (Wildman–Crippen LogP) is 0.0655. The Kier molecular flexibility index (Phi) is 5.36. The van der Waals surface area contributed by atoms with Crippen molar-refractivity contribution in [1.29, 1.82) is 0 Å². The van der Waals surface area contributed by atoms with E-state index in [2.05, 4.69) is 5.32 Å². The summed E-state index contributed by atoms with van der Waals surface area (Å²) in [6.07, 6.45) is 5.98. The summed E-state index contributed by atoms with van der Waals surface area (Å²) in [5.41, 5.74) is 0. The Morgan fingerprint density at radius 1 is 1.33 bits per heavy atom. The summed E-state index contributed by atoms with van der Waals surface area (Å²) >= 11 is 0. The average Bonchev–Trinajstić information content (AvgIpc) is 2.38. The first-order valence-corrected chi connectivity index (χ1v) is 7.46. The second-order valence-electron chi connectivity index (χ2n) is 5.93. The fraction of sp³-hybridized carbons (Fsp3) is 0.733. The molecule has 0 radical (unpaired) electrons. The number of ether oxygens (including phenoxy) is 1. The Labute approximate surface area is 125 Å². The van der Waals surface area contributed by atoms with E-state index in [0.717, 1.165) is 19.3 Å². The van der Waals surface area contributed by atoms with Crippen LogP contribution in [0.2, 0.25) is 0 Å². The third kappa shape index (κ3) is 4.04. The minimum atomic E-state index is -0.501. The summed E-state index contributed by atoms with van der Waals surface area (Å²) < 4.78 is 5.70. The fourth-order valence-electron chi connectivity index (χ4n) is 2.44. The van der Waals surface area contributed by atoms with Crippen LogP contribution in [0.3, 0.4) is 0 Å². The minimum absolute atomic E-state index is 0.0285. The first kappa shape index (κ1) is 16.0. The van der Waals surface area contributed by atoms with E-state index in [-0.39, 0.29) is 42.9 Å². The smallest absolute Gasteiger partial charge is 0.224 e. The van der Waals surface area contributed by atoms with Crippen molar-refractivity contribution in [2.45, 2.75) is 43.9 Å². The van der Waals surface area contributed by atoms with Gasteiger partial charge < -0.3 is 20.1 Å². The van der Waals surface area contributed by atoms with E-state index in [1.165, 1.54) is 4.90 Å². The molecule has 6 heteroatoms. The number of aliphatic hydroxyl groups excluding tert-OH is 1. The maximum absolute atomic E-state index is 12.0. The summed E-state index contributed by atoms with van der Waals surface area (Å²) in [5, 5.41) is 12.4. The van der Waals surface area contributed by atoms with Crippen LogP contribution in [-0.2, 0) is 14.3 Å². The second kappa shape index (κ2) is 7.04. The van der Waals surface area contributed by atoms with E-state index in [0.29, 0.717) is 0 Å². The molecule has 1 heterocycles. The molecule has 2 aliphatic rings. The second-order valence-corrected chi connectivity index (χ2v) is 5.93. The van der Waals surface area contributed by atoms with Crippen molar-refractivity contribution in [2.24, 2.45) is 5.92 Å². The molecule has 118 valence electrons. The van der Waals surface area contributed by atoms with Gasteiger partial charge in [0, 0.05) is 20.0 Å². The number of nitrogens with zero attached hydrogens (tertiary/aromatic N) is 1. The van der Waals surface area contributed by atoms with Crippen LogP contribution in [0.5, 0.6) is 0 Å². The molecule has 0 bridgehead atoms. The van der Waals surface area contributed by atoms with Gasteiger partial charge in [0.05, 0.1) is 25.2 Å². The molecule has 1 fully saturated rings. The number of aliphatic hydroxyl groups is 1. The van der Waals surface area contributed by atoms with Crippen molar-refractivity contribution < 1.29 is 19.4 Å². The molecule has 21 heavy (non-hydrogen) atoms. The van der Waals surface area contributed by atoms with Gasteiger partial charge in [0.2, 0.25) is 11.8 Å². The van der Waals surface area contributed by atoms with Crippen LogP contribution in [0, 0.1) is 5.92 Å². The maximum Gasteiger partial charge on any atom is 0.224 e. The number of nitrogens with one attached hydrogen (secondary N) is 1. The molecule has 3 atom stereocenters. The van der Waals surface area contributed by atoms with Gasteiger partial charge in [-0.15, -0.1) is 0 Å². The molecule has 1 aliphatic carbocycles. The monoisotopic (exact) mass is 296 g/mol. The molecule has 2 amide bonds. The molecule has 1 saturated carbocycles. The highest BCUT2D eigenvalue weighted by Gasteiger charge is 2.32. The lowest BCUT2D eigenvalue weighted by molar-refractivity contribution is -0.135. The Balaban J connectivity index is 1.91. The van der Waals surface area contributed by atoms with E-state index in [1.54, 1.807) is 20.2 Å². The number of hydrogen-bond acceptors (Lipinski definition) is 4. The maximum atomic E-state index is 12.0. The van der Waals surface area contributed by atoms with E-state index < -0.39 is 6.10 Å². The summed E-state index contributed by atoms with van der Waals surface area (Å²) in [5.74, 6) is 0.102. The van der Waals surface area contributed by atoms with Gasteiger partial charge in [-0.1, -0.05) is 18.6 Å². The molecule has 0 aromatic rings. The van der Waals surface area contributed by atoms with Crippen molar-refractivity contribution in [2.75, 3.05) is 20.7 Å². The van der Waals surface area contributed by atoms with Gasteiger partial charge in [-0.3, -0.25) is 9.59 Å². The largest absolute Gasteiger partial charge is 0.394 e. The van der Waals surface area contributed by atoms with E-state index in [9.17, 15) is 14.7 Å². The normalized spacial score (nSPS) is 28.8. The van der Waals surface area contributed by atoms with Crippen molar-refractivity contribution in [3.63, 3.8) is 0 Å². The van der Waals surface area contributed by atoms with Gasteiger partial charge in [0.15, 0.2) is 0 Å². The first-order valence-electron chi connectivity index (χ1n) is 7.46. The molecule has 6 nitrogen and oxygen atoms in total. The van der Waals surface area contributed by atoms with Crippen molar-refractivity contribution >= 4 is 11.8 Å². The van der Waals surface area contributed by atoms with E-state index in [4.69, 9.17) is 4.74 Å². The molecule has 1 aliphatic heterocycles. The highest BCUT2D eigenvalue weighted by atomic mass is 16.5. The van der Waals surface area contributed by atoms with Crippen LogP contribution in [0.4, 0.5) is 0 Å². The average molecular weight is 296 g/mol. The Morgan fingerprint density at radius 3 is 2.57 bits per heavy atom. The number of rotatable bonds is 5. The molecule has 2 rings (SSSR count). The van der Waals surface area contributed by atoms with Crippen LogP contribution < -0.4 is 5.32 Å². The number of carbonyl (C=O) groups excluding carboxylic acids is 2. The zero-order chi connectivity index (χ0) is 15.4. The van der Waals surface area contributed by atoms with Crippen LogP contribution in [0.15, 0.2) is 12.2 Å². The first-order chi connectivity index (χ1) is 10.0. The summed E-state index contributed by atoms with van der Waals surface area (Å²) in [6, 6.07) is -0.325. The van der Waals surface area contributed by atoms with E-state index >= 15 is 0 Å². The van der Waals surface area contributed by atoms with Crippen molar-refractivity contribution in [3.05, 3.63) is 12.2 Å². The SMILES string of the molecule is CN(C)C(=O)C[C@@H]1C=C[C@@H](NC(=O)C2CCC2)[C@@H](CO)O1. The fourth-order valence-corrected chi connectivity index (χ4v) is 2.44. The third-order valence-electron chi connectivity index (χ3n) is 4.12. The molecule has 0 saturated heterocycles. The standard InChI is InChI=1S/C15H24N2O4/c1-17(2)14(19)8-11-6-7-12(13(9-18)21-11)16-15(20)10-4-3-5-10/h6-7,10-13,18H,3-5,8-9H2,1-2H3,(H,16,20)/t11-,12+,13+/m0/s1. The quantitative estimate of drug-likeness (QED) is 0.704. The third-order valence-corrected chi connectivity index (χ3v) is 4.12. The van der Waals surface area contributed by atoms with Gasteiger partial charge in [-0.2, -0.15) is 0 Å². The van der Waals surface area contributed by atoms with Crippen LogP contribution in [0.1, 0.15) is 25.7 Å². The molecular weight excluding hydrogens is 272 g/mol. The van der Waals surface area contributed by atoms with Gasteiger partial charge in [-0.05, 0) is 12.8 Å². The van der Waals surface area contributed by atoms with Crippen LogP contribution >= 0.6 is 0 Å². The molecule has 0 spiro atoms. The molecule has 2 N–H and O–H groups in total. The lowest BCUT2D eigenvalue weighted by atomic mass is 9.84. The van der Waals surface area contributed by atoms with Crippen LogP contribution in [-0.4, -0.2) is 60.8 Å². The Bertz CT molecular complexity index is 418. The van der Waals surface area contributed by atoms with E-state index in [1.807, 2.05) is 6.08 Å². The predicted molar refractivity (Wildman–Crippen MR) is 77.5 cm³/mol. The van der Waals surface area contributed by atoms with Crippen molar-refractivity contribution in [1.82, 2.24) is 10.2 Å². The molecule has 0 aromatic heterocycles. The van der Waals surface area contributed by atoms with Gasteiger partial charge >= 0.3 is 0 Å². The Morgan fingerprint density at radius 2 is 2.05 bits per heavy atom. The number of amides is 2. The molecule has 0 unspecified atom stereocenters. The van der Waals surface area contributed by atoms with Gasteiger partial charge in [0.25, 0.3) is 0 Å². The topological polar surface area (TPSA) is 78.9 Å². The van der Waals surface area contributed by atoms with Gasteiger partial charge in [-0.25, -0.2) is 0 Å². The highest BCUT2D eigenvalue weighted by molar-refractivity contribution is 5.80. The zero-order valence-corrected chi connectivity index (χ0v) is 12.6. The number of hydrogen-bond donors (Lipinski definition) is 2. The summed E-state index contributed by atoms with van der Waals surface area (Å²) in [7, 11) is 3.39. The minimum Gasteiger partial charge on any atom is -0.394 e. The number of carbonyl (C=O) groups is 2. The summed E-state index contributed by atoms with van der Waals surface area (Å²) in [4.78, 5) is 25.2. The van der Waals surface area contributed by atoms with Crippen molar-refractivity contribution in [3.8, 4) is 0 Å². The lowest BCUT2D eigenvalue weighted by Crippen LogP contribution is -2.51. The molecular formula is C15H24N2O4. The lowest BCUT2D eigenvalue weighted by Gasteiger charge is -2.34. The summed E-state index contributed by atoms with van der Waals surface area (Å²) in [6.45, 7) is -0.188. The zero-order valence-electron chi connectivity index (χ0n) is 12.6. The van der Waals surface area contributed by atoms with Gasteiger partial charge in [0.1, 0.15) is 6.10 Å². The van der Waals surface area contributed by atoms with Crippen LogP contribution in [0.25, 0.3) is 0 Å². The molecule has 0 aromatic carbocycles.